The minimum absolute atomic E-state index is 0.137. The highest BCUT2D eigenvalue weighted by Crippen LogP contribution is 2.13. The molecule has 0 fully saturated rings. The molecule has 3 N–H and O–H groups in total. The molecule has 3 atom stereocenters. The van der Waals surface area contributed by atoms with Crippen molar-refractivity contribution in [1.29, 1.82) is 0 Å². The molecule has 0 spiro atoms. The maximum absolute atomic E-state index is 11.9. The van der Waals surface area contributed by atoms with E-state index in [2.05, 4.69) is 13.8 Å². The number of rotatable bonds is 32. The number of aliphatic hydroxyl groups is 3. The molecule has 0 saturated heterocycles. The number of unbranched alkanes of at least 4 members (excludes halogenated alkanes) is 14. The van der Waals surface area contributed by atoms with Gasteiger partial charge in [-0.2, -0.15) is 0 Å². The number of carbonyl (C=O) groups excluding carboxylic acids is 2. The van der Waals surface area contributed by atoms with E-state index in [0.29, 0.717) is 19.3 Å². The minimum Gasteiger partial charge on any atom is -0.463 e. The van der Waals surface area contributed by atoms with E-state index in [1.807, 2.05) is 36.5 Å². The predicted octanol–water partition coefficient (Wildman–Crippen LogP) is 9.00. The van der Waals surface area contributed by atoms with Crippen LogP contribution < -0.4 is 0 Å². The first-order chi connectivity index (χ1) is 22.4. The lowest BCUT2D eigenvalue weighted by Crippen LogP contribution is -2.25. The second-order valence-corrected chi connectivity index (χ2v) is 12.4. The molecule has 0 amide bonds. The minimum atomic E-state index is -1.05. The highest BCUT2D eigenvalue weighted by atomic mass is 16.6. The van der Waals surface area contributed by atoms with E-state index >= 15 is 0 Å². The van der Waals surface area contributed by atoms with Gasteiger partial charge in [0.05, 0.1) is 12.2 Å². The highest BCUT2D eigenvalue weighted by molar-refractivity contribution is 5.69. The Labute approximate surface area is 281 Å². The van der Waals surface area contributed by atoms with Crippen molar-refractivity contribution in [2.24, 2.45) is 0 Å². The summed E-state index contributed by atoms with van der Waals surface area (Å²) in [6.07, 6.45) is 35.2. The zero-order valence-corrected chi connectivity index (χ0v) is 29.3. The van der Waals surface area contributed by atoms with Crippen LogP contribution in [0.1, 0.15) is 155 Å². The third-order valence-corrected chi connectivity index (χ3v) is 7.78. The van der Waals surface area contributed by atoms with Gasteiger partial charge in [-0.05, 0) is 32.1 Å². The molecule has 0 aromatic carbocycles. The lowest BCUT2D eigenvalue weighted by Gasteiger charge is -2.12. The van der Waals surface area contributed by atoms with Crippen LogP contribution >= 0.6 is 0 Å². The molecule has 0 unspecified atom stereocenters. The van der Waals surface area contributed by atoms with Crippen LogP contribution in [0.15, 0.2) is 48.6 Å². The number of allylic oxidation sites excluding steroid dienone is 6. The fourth-order valence-electron chi connectivity index (χ4n) is 4.89. The molecule has 0 saturated carbocycles. The van der Waals surface area contributed by atoms with Gasteiger partial charge in [-0.1, -0.05) is 159 Å². The van der Waals surface area contributed by atoms with Crippen LogP contribution in [-0.4, -0.2) is 58.8 Å². The molecule has 0 bridgehead atoms. The Morgan fingerprint density at radius 1 is 0.522 bits per heavy atom. The van der Waals surface area contributed by atoms with E-state index in [1.54, 1.807) is 12.2 Å². The van der Waals surface area contributed by atoms with Gasteiger partial charge in [0.1, 0.15) is 19.3 Å². The monoisotopic (exact) mass is 648 g/mol. The maximum atomic E-state index is 11.9. The highest BCUT2D eigenvalue weighted by Gasteiger charge is 2.12. The third kappa shape index (κ3) is 33.2. The van der Waals surface area contributed by atoms with E-state index in [-0.39, 0.29) is 31.7 Å². The lowest BCUT2D eigenvalue weighted by molar-refractivity contribution is -0.152. The van der Waals surface area contributed by atoms with Gasteiger partial charge in [-0.15, -0.1) is 0 Å². The summed E-state index contributed by atoms with van der Waals surface area (Å²) in [4.78, 5) is 23.9. The van der Waals surface area contributed by atoms with Crippen LogP contribution in [0.5, 0.6) is 0 Å². The first kappa shape index (κ1) is 43.8. The number of hydrogen-bond donors (Lipinski definition) is 3. The molecule has 46 heavy (non-hydrogen) atoms. The van der Waals surface area contributed by atoms with Crippen molar-refractivity contribution in [2.45, 2.75) is 173 Å². The molecule has 0 aromatic rings. The quantitative estimate of drug-likeness (QED) is 0.0379. The van der Waals surface area contributed by atoms with Gasteiger partial charge in [0.15, 0.2) is 0 Å². The number of esters is 2. The molecule has 0 rings (SSSR count). The summed E-state index contributed by atoms with van der Waals surface area (Å²) in [6.45, 7) is 3.99. The van der Waals surface area contributed by atoms with Crippen molar-refractivity contribution < 1.29 is 34.4 Å². The molecule has 0 heterocycles. The Kier molecular flexibility index (Phi) is 32.5. The van der Waals surface area contributed by atoms with E-state index < -0.39 is 18.2 Å². The Balaban J connectivity index is 3.71. The SMILES string of the molecule is CCCCCCCCCCCCCCCC(=O)OC[C@@H](O)COC(=O)CCC[C@@H](O)/C=C/C=C\C/C=C\C=C\[C@@H](O)CCCCC. The van der Waals surface area contributed by atoms with E-state index in [4.69, 9.17) is 9.47 Å². The summed E-state index contributed by atoms with van der Waals surface area (Å²) < 4.78 is 10.2. The summed E-state index contributed by atoms with van der Waals surface area (Å²) in [5.74, 6) is -0.786. The van der Waals surface area contributed by atoms with Crippen LogP contribution in [0.25, 0.3) is 0 Å². The standard InChI is InChI=1S/C39H68O7/c1-3-5-7-8-9-10-11-12-13-14-18-21-25-31-38(43)45-33-37(42)34-46-39(44)32-26-30-36(41)29-24-20-17-15-16-19-23-28-35(40)27-22-6-4-2/h16-17,19-20,23-24,28-29,35-37,40-42H,3-15,18,21-22,25-27,30-34H2,1-2H3/b19-16-,20-17-,28-23+,29-24+/t35-,36-,37+/m0/s1. The van der Waals surface area contributed by atoms with Gasteiger partial charge in [-0.25, -0.2) is 0 Å². The fraction of sp³-hybridized carbons (Fsp3) is 0.744. The molecule has 7 heteroatoms. The molecule has 0 aromatic heterocycles. The van der Waals surface area contributed by atoms with Gasteiger partial charge < -0.3 is 24.8 Å². The first-order valence-electron chi connectivity index (χ1n) is 18.4. The Morgan fingerprint density at radius 2 is 0.913 bits per heavy atom. The van der Waals surface area contributed by atoms with Crippen molar-refractivity contribution in [3.63, 3.8) is 0 Å². The summed E-state index contributed by atoms with van der Waals surface area (Å²) in [5.41, 5.74) is 0. The first-order valence-corrected chi connectivity index (χ1v) is 18.4. The van der Waals surface area contributed by atoms with E-state index in [1.165, 1.54) is 64.2 Å². The molecule has 0 radical (unpaired) electrons. The van der Waals surface area contributed by atoms with Crippen molar-refractivity contribution in [3.05, 3.63) is 48.6 Å². The largest absolute Gasteiger partial charge is 0.463 e. The Morgan fingerprint density at radius 3 is 1.39 bits per heavy atom. The third-order valence-electron chi connectivity index (χ3n) is 7.78. The zero-order valence-electron chi connectivity index (χ0n) is 29.3. The summed E-state index contributed by atoms with van der Waals surface area (Å²) >= 11 is 0. The van der Waals surface area contributed by atoms with Crippen LogP contribution in [0.3, 0.4) is 0 Å². The van der Waals surface area contributed by atoms with Crippen LogP contribution in [-0.2, 0) is 19.1 Å². The molecule has 266 valence electrons. The number of carbonyl (C=O) groups is 2. The maximum Gasteiger partial charge on any atom is 0.305 e. The van der Waals surface area contributed by atoms with Crippen molar-refractivity contribution >= 4 is 11.9 Å². The second kappa shape index (κ2) is 34.1. The van der Waals surface area contributed by atoms with Gasteiger partial charge in [0, 0.05) is 12.8 Å². The number of ether oxygens (including phenoxy) is 2. The van der Waals surface area contributed by atoms with Crippen molar-refractivity contribution in [2.75, 3.05) is 13.2 Å². The summed E-state index contributed by atoms with van der Waals surface area (Å²) in [6, 6.07) is 0. The topological polar surface area (TPSA) is 113 Å². The van der Waals surface area contributed by atoms with E-state index in [9.17, 15) is 24.9 Å². The molecular formula is C39H68O7. The zero-order chi connectivity index (χ0) is 33.9. The predicted molar refractivity (Wildman–Crippen MR) is 189 cm³/mol. The van der Waals surface area contributed by atoms with Crippen LogP contribution in [0.4, 0.5) is 0 Å². The van der Waals surface area contributed by atoms with Gasteiger partial charge in [0.25, 0.3) is 0 Å². The van der Waals surface area contributed by atoms with Crippen LogP contribution in [0.2, 0.25) is 0 Å². The normalized spacial score (nSPS) is 14.1. The molecular weight excluding hydrogens is 580 g/mol. The summed E-state index contributed by atoms with van der Waals surface area (Å²) in [5, 5.41) is 29.9. The molecule has 7 nitrogen and oxygen atoms in total. The Bertz CT molecular complexity index is 817. The molecule has 0 aliphatic heterocycles. The van der Waals surface area contributed by atoms with Crippen LogP contribution in [0, 0.1) is 0 Å². The van der Waals surface area contributed by atoms with Crippen molar-refractivity contribution in [1.82, 2.24) is 0 Å². The number of hydrogen-bond acceptors (Lipinski definition) is 7. The fourth-order valence-corrected chi connectivity index (χ4v) is 4.89. The van der Waals surface area contributed by atoms with Gasteiger partial charge >= 0.3 is 11.9 Å². The second-order valence-electron chi connectivity index (χ2n) is 12.4. The average molecular weight is 649 g/mol. The lowest BCUT2D eigenvalue weighted by atomic mass is 10.0. The van der Waals surface area contributed by atoms with Crippen molar-refractivity contribution in [3.8, 4) is 0 Å². The van der Waals surface area contributed by atoms with E-state index in [0.717, 1.165) is 51.4 Å². The smallest absolute Gasteiger partial charge is 0.305 e. The number of aliphatic hydroxyl groups excluding tert-OH is 3. The van der Waals surface area contributed by atoms with Gasteiger partial charge in [0.2, 0.25) is 0 Å². The van der Waals surface area contributed by atoms with Gasteiger partial charge in [-0.3, -0.25) is 9.59 Å². The molecule has 0 aliphatic carbocycles. The Hall–Kier alpha value is -2.22. The molecule has 0 aliphatic rings. The average Bonchev–Trinajstić information content (AvgIpc) is 3.04. The summed E-state index contributed by atoms with van der Waals surface area (Å²) in [7, 11) is 0.